The molecular weight excluding hydrogens is 298 g/mol. The summed E-state index contributed by atoms with van der Waals surface area (Å²) in [4.78, 5) is 17.4. The van der Waals surface area contributed by atoms with Crippen molar-refractivity contribution in [2.75, 3.05) is 5.32 Å². The van der Waals surface area contributed by atoms with E-state index in [0.717, 1.165) is 54.0 Å². The maximum Gasteiger partial charge on any atom is 0.228 e. The summed E-state index contributed by atoms with van der Waals surface area (Å²) in [6.45, 7) is 2.05. The molecule has 0 bridgehead atoms. The van der Waals surface area contributed by atoms with Crippen LogP contribution in [0.15, 0.2) is 48.7 Å². The van der Waals surface area contributed by atoms with E-state index in [0.29, 0.717) is 0 Å². The van der Waals surface area contributed by atoms with Gasteiger partial charge in [0, 0.05) is 17.7 Å². The number of imidazole rings is 1. The quantitative estimate of drug-likeness (QED) is 0.776. The fourth-order valence-electron chi connectivity index (χ4n) is 3.47. The number of anilines is 1. The van der Waals surface area contributed by atoms with Crippen molar-refractivity contribution in [3.8, 4) is 11.3 Å². The van der Waals surface area contributed by atoms with Gasteiger partial charge in [-0.1, -0.05) is 49.2 Å². The number of aryl methyl sites for hydroxylation is 1. The second kappa shape index (κ2) is 6.11. The van der Waals surface area contributed by atoms with Gasteiger partial charge in [0.05, 0.1) is 0 Å². The van der Waals surface area contributed by atoms with Gasteiger partial charge >= 0.3 is 0 Å². The van der Waals surface area contributed by atoms with Gasteiger partial charge in [-0.3, -0.25) is 9.20 Å². The Morgan fingerprint density at radius 2 is 1.88 bits per heavy atom. The van der Waals surface area contributed by atoms with Crippen molar-refractivity contribution in [3.05, 3.63) is 54.2 Å². The number of pyridine rings is 1. The van der Waals surface area contributed by atoms with Gasteiger partial charge in [-0.25, -0.2) is 4.98 Å². The van der Waals surface area contributed by atoms with Gasteiger partial charge < -0.3 is 5.32 Å². The van der Waals surface area contributed by atoms with E-state index >= 15 is 0 Å². The van der Waals surface area contributed by atoms with Crippen LogP contribution in [0.5, 0.6) is 0 Å². The van der Waals surface area contributed by atoms with Gasteiger partial charge in [-0.05, 0) is 31.4 Å². The largest absolute Gasteiger partial charge is 0.310 e. The number of amides is 1. The number of nitrogens with zero attached hydrogens (tertiary/aromatic N) is 2. The van der Waals surface area contributed by atoms with Gasteiger partial charge in [0.1, 0.15) is 17.2 Å². The van der Waals surface area contributed by atoms with Crippen LogP contribution in [0.1, 0.15) is 31.2 Å². The van der Waals surface area contributed by atoms with Crippen molar-refractivity contribution in [1.82, 2.24) is 9.38 Å². The van der Waals surface area contributed by atoms with Gasteiger partial charge in [-0.2, -0.15) is 0 Å². The number of fused-ring (bicyclic) bond motifs is 1. The molecule has 2 aromatic heterocycles. The molecule has 1 N–H and O–H groups in total. The van der Waals surface area contributed by atoms with Crippen molar-refractivity contribution in [1.29, 1.82) is 0 Å². The number of hydrogen-bond acceptors (Lipinski definition) is 2. The predicted molar refractivity (Wildman–Crippen MR) is 96.0 cm³/mol. The van der Waals surface area contributed by atoms with Crippen LogP contribution >= 0.6 is 0 Å². The molecular formula is C20H21N3O. The summed E-state index contributed by atoms with van der Waals surface area (Å²) in [5, 5.41) is 3.16. The first kappa shape index (κ1) is 14.9. The summed E-state index contributed by atoms with van der Waals surface area (Å²) in [5.41, 5.74) is 3.82. The summed E-state index contributed by atoms with van der Waals surface area (Å²) in [6.07, 6.45) is 6.30. The van der Waals surface area contributed by atoms with Crippen LogP contribution < -0.4 is 5.32 Å². The Morgan fingerprint density at radius 1 is 1.12 bits per heavy atom. The number of carbonyl (C=O) groups is 1. The zero-order valence-electron chi connectivity index (χ0n) is 13.8. The fraction of sp³-hybridized carbons (Fsp3) is 0.300. The lowest BCUT2D eigenvalue weighted by atomic mass is 10.1. The maximum absolute atomic E-state index is 12.7. The highest BCUT2D eigenvalue weighted by atomic mass is 16.2. The molecule has 0 radical (unpaired) electrons. The molecule has 3 aromatic rings. The molecule has 24 heavy (non-hydrogen) atoms. The smallest absolute Gasteiger partial charge is 0.228 e. The number of nitrogens with one attached hydrogen (secondary N) is 1. The van der Waals surface area contributed by atoms with Gasteiger partial charge in [0.2, 0.25) is 5.91 Å². The second-order valence-electron chi connectivity index (χ2n) is 6.58. The molecule has 4 heteroatoms. The maximum atomic E-state index is 12.7. The lowest BCUT2D eigenvalue weighted by Crippen LogP contribution is -2.21. The molecule has 0 aliphatic heterocycles. The fourth-order valence-corrected chi connectivity index (χ4v) is 3.47. The topological polar surface area (TPSA) is 46.4 Å². The highest BCUT2D eigenvalue weighted by Crippen LogP contribution is 2.31. The Balaban J connectivity index is 1.81. The summed E-state index contributed by atoms with van der Waals surface area (Å²) < 4.78 is 1.99. The highest BCUT2D eigenvalue weighted by Gasteiger charge is 2.25. The van der Waals surface area contributed by atoms with Crippen LogP contribution in [-0.4, -0.2) is 15.3 Å². The van der Waals surface area contributed by atoms with Crippen molar-refractivity contribution in [2.24, 2.45) is 5.92 Å². The molecule has 1 aliphatic rings. The van der Waals surface area contributed by atoms with E-state index in [1.807, 2.05) is 60.0 Å². The van der Waals surface area contributed by atoms with E-state index in [4.69, 9.17) is 4.98 Å². The molecule has 1 fully saturated rings. The zero-order chi connectivity index (χ0) is 16.5. The Kier molecular flexibility index (Phi) is 3.81. The SMILES string of the molecule is Cc1ccc2nc(-c3ccccc3)c(NC(=O)C3CCCC3)n2c1. The predicted octanol–water partition coefficient (Wildman–Crippen LogP) is 4.44. The van der Waals surface area contributed by atoms with Crippen LogP contribution in [0.3, 0.4) is 0 Å². The van der Waals surface area contributed by atoms with Crippen molar-refractivity contribution < 1.29 is 4.79 Å². The average Bonchev–Trinajstić information content (AvgIpc) is 3.24. The first-order valence-corrected chi connectivity index (χ1v) is 8.57. The van der Waals surface area contributed by atoms with Crippen LogP contribution in [0.25, 0.3) is 16.9 Å². The van der Waals surface area contributed by atoms with E-state index in [2.05, 4.69) is 5.32 Å². The average molecular weight is 319 g/mol. The minimum atomic E-state index is 0.119. The lowest BCUT2D eigenvalue weighted by molar-refractivity contribution is -0.119. The Bertz CT molecular complexity index is 877. The van der Waals surface area contributed by atoms with Gasteiger partial charge in [0.25, 0.3) is 0 Å². The van der Waals surface area contributed by atoms with E-state index in [9.17, 15) is 4.79 Å². The van der Waals surface area contributed by atoms with Crippen LogP contribution in [0.4, 0.5) is 5.82 Å². The summed E-state index contributed by atoms with van der Waals surface area (Å²) in [5.74, 6) is 1.02. The van der Waals surface area contributed by atoms with Gasteiger partial charge in [0.15, 0.2) is 0 Å². The van der Waals surface area contributed by atoms with E-state index < -0.39 is 0 Å². The van der Waals surface area contributed by atoms with Crippen molar-refractivity contribution in [2.45, 2.75) is 32.6 Å². The number of aromatic nitrogens is 2. The summed E-state index contributed by atoms with van der Waals surface area (Å²) in [7, 11) is 0. The third kappa shape index (κ3) is 2.68. The lowest BCUT2D eigenvalue weighted by Gasteiger charge is -2.12. The van der Waals surface area contributed by atoms with E-state index in [1.165, 1.54) is 0 Å². The molecule has 2 heterocycles. The molecule has 1 aromatic carbocycles. The molecule has 0 saturated heterocycles. The summed E-state index contributed by atoms with van der Waals surface area (Å²) in [6, 6.07) is 14.1. The minimum Gasteiger partial charge on any atom is -0.310 e. The third-order valence-corrected chi connectivity index (χ3v) is 4.78. The molecule has 4 rings (SSSR count). The van der Waals surface area contributed by atoms with Crippen molar-refractivity contribution >= 4 is 17.4 Å². The molecule has 0 unspecified atom stereocenters. The highest BCUT2D eigenvalue weighted by molar-refractivity contribution is 5.96. The zero-order valence-corrected chi connectivity index (χ0v) is 13.8. The number of hydrogen-bond donors (Lipinski definition) is 1. The molecule has 1 aliphatic carbocycles. The Morgan fingerprint density at radius 3 is 2.62 bits per heavy atom. The molecule has 0 atom stereocenters. The van der Waals surface area contributed by atoms with E-state index in [-0.39, 0.29) is 11.8 Å². The normalized spacial score (nSPS) is 15.0. The molecule has 4 nitrogen and oxygen atoms in total. The monoisotopic (exact) mass is 319 g/mol. The first-order valence-electron chi connectivity index (χ1n) is 8.57. The minimum absolute atomic E-state index is 0.119. The number of carbonyl (C=O) groups excluding carboxylic acids is 1. The third-order valence-electron chi connectivity index (χ3n) is 4.78. The molecule has 1 amide bonds. The van der Waals surface area contributed by atoms with Crippen LogP contribution in [0, 0.1) is 12.8 Å². The van der Waals surface area contributed by atoms with Crippen LogP contribution in [-0.2, 0) is 4.79 Å². The van der Waals surface area contributed by atoms with Gasteiger partial charge in [-0.15, -0.1) is 0 Å². The Labute approximate surface area is 141 Å². The Hall–Kier alpha value is -2.62. The second-order valence-corrected chi connectivity index (χ2v) is 6.58. The van der Waals surface area contributed by atoms with Crippen LogP contribution in [0.2, 0.25) is 0 Å². The van der Waals surface area contributed by atoms with Crippen molar-refractivity contribution in [3.63, 3.8) is 0 Å². The summed E-state index contributed by atoms with van der Waals surface area (Å²) >= 11 is 0. The molecule has 122 valence electrons. The molecule has 0 spiro atoms. The number of rotatable bonds is 3. The molecule has 1 saturated carbocycles. The number of benzene rings is 1. The standard InChI is InChI=1S/C20H21N3O/c1-14-11-12-17-21-18(15-7-3-2-4-8-15)19(23(17)13-14)22-20(24)16-9-5-6-10-16/h2-4,7-8,11-13,16H,5-6,9-10H2,1H3,(H,22,24). The van der Waals surface area contributed by atoms with E-state index in [1.54, 1.807) is 0 Å². The first-order chi connectivity index (χ1) is 11.7.